The van der Waals surface area contributed by atoms with Crippen molar-refractivity contribution in [2.45, 2.75) is 63.2 Å². The van der Waals surface area contributed by atoms with Gasteiger partial charge in [0, 0.05) is 45.2 Å². The Balaban J connectivity index is 1.59. The third kappa shape index (κ3) is 6.98. The zero-order valence-corrected chi connectivity index (χ0v) is 25.3. The summed E-state index contributed by atoms with van der Waals surface area (Å²) in [5.74, 6) is 1.34. The van der Waals surface area contributed by atoms with Gasteiger partial charge in [0.05, 0.1) is 26.4 Å². The van der Waals surface area contributed by atoms with Crippen LogP contribution in [0.5, 0.6) is 11.5 Å². The first-order valence-corrected chi connectivity index (χ1v) is 14.9. The first-order chi connectivity index (χ1) is 20.3. The van der Waals surface area contributed by atoms with Crippen LogP contribution in [0.25, 0.3) is 0 Å². The number of ether oxygens (including phenoxy) is 2. The fraction of sp³-hybridized carbons (Fsp3) is 0.545. The number of carbonyl (C=O) groups is 1. The van der Waals surface area contributed by atoms with Crippen LogP contribution in [0.3, 0.4) is 0 Å². The van der Waals surface area contributed by atoms with Crippen molar-refractivity contribution in [3.8, 4) is 23.6 Å². The maximum Gasteiger partial charge on any atom is 0.323 e. The lowest BCUT2D eigenvalue weighted by Gasteiger charge is -2.40. The maximum absolute atomic E-state index is 13.3. The molecule has 2 unspecified atom stereocenters. The molecule has 224 valence electrons. The molecule has 0 saturated carbocycles. The summed E-state index contributed by atoms with van der Waals surface area (Å²) in [5, 5.41) is 32.1. The normalized spacial score (nSPS) is 18.9. The average Bonchev–Trinajstić information content (AvgIpc) is 3.01. The van der Waals surface area contributed by atoms with Crippen LogP contribution in [0.15, 0.2) is 36.4 Å². The van der Waals surface area contributed by atoms with E-state index in [9.17, 15) is 15.3 Å². The van der Waals surface area contributed by atoms with E-state index in [0.29, 0.717) is 11.4 Å². The second-order valence-electron chi connectivity index (χ2n) is 11.9. The Morgan fingerprint density at radius 2 is 1.17 bits per heavy atom. The number of hydrogen-bond acceptors (Lipinski definition) is 7. The van der Waals surface area contributed by atoms with Crippen LogP contribution >= 0.6 is 0 Å². The topological polar surface area (TPSA) is 131 Å². The number of amides is 2. The summed E-state index contributed by atoms with van der Waals surface area (Å²) in [5.41, 5.74) is 2.95. The van der Waals surface area contributed by atoms with Gasteiger partial charge in [-0.3, -0.25) is 0 Å². The van der Waals surface area contributed by atoms with Crippen LogP contribution in [0.4, 0.5) is 16.2 Å². The van der Waals surface area contributed by atoms with Crippen molar-refractivity contribution in [3.63, 3.8) is 0 Å². The van der Waals surface area contributed by atoms with Crippen molar-refractivity contribution < 1.29 is 14.3 Å². The van der Waals surface area contributed by atoms with E-state index in [4.69, 9.17) is 9.47 Å². The van der Waals surface area contributed by atoms with Gasteiger partial charge in [0.1, 0.15) is 11.5 Å². The van der Waals surface area contributed by atoms with Crippen molar-refractivity contribution in [1.29, 1.82) is 10.5 Å². The van der Waals surface area contributed by atoms with Gasteiger partial charge in [0.25, 0.3) is 0 Å². The van der Waals surface area contributed by atoms with Crippen LogP contribution in [-0.2, 0) is 10.8 Å². The summed E-state index contributed by atoms with van der Waals surface area (Å²) >= 11 is 0. The van der Waals surface area contributed by atoms with Gasteiger partial charge in [-0.25, -0.2) is 4.79 Å². The molecule has 2 atom stereocenters. The fourth-order valence-corrected chi connectivity index (χ4v) is 6.93. The van der Waals surface area contributed by atoms with Gasteiger partial charge in [-0.05, 0) is 115 Å². The Bertz CT molecular complexity index is 1220. The van der Waals surface area contributed by atoms with Gasteiger partial charge < -0.3 is 30.7 Å². The summed E-state index contributed by atoms with van der Waals surface area (Å²) in [6.45, 7) is 7.38. The van der Waals surface area contributed by atoms with E-state index in [1.54, 1.807) is 14.2 Å². The number of nitrogens with one attached hydrogen (secondary N) is 4. The van der Waals surface area contributed by atoms with E-state index in [0.717, 1.165) is 87.3 Å². The maximum atomic E-state index is 13.3. The molecule has 0 radical (unpaired) electrons. The lowest BCUT2D eigenvalue weighted by atomic mass is 9.68. The van der Waals surface area contributed by atoms with Crippen LogP contribution in [0.2, 0.25) is 0 Å². The minimum atomic E-state index is -0.350. The zero-order chi connectivity index (χ0) is 30.2. The van der Waals surface area contributed by atoms with Gasteiger partial charge in [-0.15, -0.1) is 0 Å². The molecule has 2 saturated heterocycles. The van der Waals surface area contributed by atoms with Gasteiger partial charge in [-0.1, -0.05) is 0 Å². The minimum absolute atomic E-state index is 0.101. The van der Waals surface area contributed by atoms with E-state index in [1.165, 1.54) is 0 Å². The number of nitrogens with zero attached hydrogens (tertiary/aromatic N) is 2. The highest BCUT2D eigenvalue weighted by atomic mass is 16.5. The Labute approximate surface area is 250 Å². The predicted octanol–water partition coefficient (Wildman–Crippen LogP) is 5.69. The lowest BCUT2D eigenvalue weighted by Crippen LogP contribution is -2.41. The van der Waals surface area contributed by atoms with Crippen molar-refractivity contribution in [3.05, 3.63) is 47.5 Å². The average molecular weight is 573 g/mol. The van der Waals surface area contributed by atoms with Crippen LogP contribution in [-0.4, -0.2) is 46.4 Å². The van der Waals surface area contributed by atoms with Crippen LogP contribution < -0.4 is 30.7 Å². The third-order valence-electron chi connectivity index (χ3n) is 9.01. The number of nitriles is 2. The molecule has 0 bridgehead atoms. The van der Waals surface area contributed by atoms with Gasteiger partial charge in [0.15, 0.2) is 0 Å². The Morgan fingerprint density at radius 1 is 0.786 bits per heavy atom. The predicted molar refractivity (Wildman–Crippen MR) is 165 cm³/mol. The van der Waals surface area contributed by atoms with Crippen LogP contribution in [0.1, 0.15) is 63.5 Å². The summed E-state index contributed by atoms with van der Waals surface area (Å²) in [7, 11) is 3.32. The summed E-state index contributed by atoms with van der Waals surface area (Å²) in [6, 6.07) is 15.9. The summed E-state index contributed by atoms with van der Waals surface area (Å²) < 4.78 is 11.5. The second kappa shape index (κ2) is 13.9. The van der Waals surface area contributed by atoms with Gasteiger partial charge >= 0.3 is 6.03 Å². The van der Waals surface area contributed by atoms with E-state index in [1.807, 2.05) is 50.2 Å². The quantitative estimate of drug-likeness (QED) is 0.288. The van der Waals surface area contributed by atoms with Crippen LogP contribution in [0, 0.1) is 34.5 Å². The molecule has 4 N–H and O–H groups in total. The molecule has 0 aliphatic carbocycles. The van der Waals surface area contributed by atoms with E-state index in [2.05, 4.69) is 33.4 Å². The second-order valence-corrected chi connectivity index (χ2v) is 11.9. The van der Waals surface area contributed by atoms with Crippen molar-refractivity contribution in [2.75, 3.05) is 51.0 Å². The SMILES string of the molecule is COc1ccc(NC(=O)Nc2ccc(OC)c(C3(CC(C)C#N)CCNCC3)c2)cc1C1(CC(C)C#N)CCNCC1. The highest BCUT2D eigenvalue weighted by Crippen LogP contribution is 2.46. The highest BCUT2D eigenvalue weighted by Gasteiger charge is 2.39. The molecule has 0 aromatic heterocycles. The van der Waals surface area contributed by atoms with E-state index in [-0.39, 0.29) is 28.7 Å². The molecule has 42 heavy (non-hydrogen) atoms. The molecule has 4 rings (SSSR count). The monoisotopic (exact) mass is 572 g/mol. The summed E-state index contributed by atoms with van der Waals surface area (Å²) in [6.07, 6.45) is 5.02. The molecule has 2 heterocycles. The number of hydrogen-bond donors (Lipinski definition) is 4. The first-order valence-electron chi connectivity index (χ1n) is 14.9. The highest BCUT2D eigenvalue weighted by molar-refractivity contribution is 6.00. The molecule has 2 aromatic carbocycles. The van der Waals surface area contributed by atoms with E-state index >= 15 is 0 Å². The standard InChI is InChI=1S/C33H44N6O3/c1-23(21-34)19-32(9-13-36-14-10-32)27-17-25(5-7-29(27)41-3)38-31(40)39-26-6-8-30(42-4)28(18-26)33(20-24(2)22-35)11-15-37-16-12-33/h5-8,17-18,23-24,36-37H,9-16,19-20H2,1-4H3,(H2,38,39,40). The third-order valence-corrected chi connectivity index (χ3v) is 9.01. The Morgan fingerprint density at radius 3 is 1.50 bits per heavy atom. The summed E-state index contributed by atoms with van der Waals surface area (Å²) in [4.78, 5) is 13.3. The zero-order valence-electron chi connectivity index (χ0n) is 25.3. The number of carbonyl (C=O) groups excluding carboxylic acids is 1. The molecule has 0 spiro atoms. The molecular weight excluding hydrogens is 528 g/mol. The largest absolute Gasteiger partial charge is 0.496 e. The van der Waals surface area contributed by atoms with Crippen molar-refractivity contribution >= 4 is 17.4 Å². The number of piperidine rings is 2. The van der Waals surface area contributed by atoms with E-state index < -0.39 is 0 Å². The lowest BCUT2D eigenvalue weighted by molar-refractivity contribution is 0.257. The number of rotatable bonds is 10. The van der Waals surface area contributed by atoms with Gasteiger partial charge in [-0.2, -0.15) is 10.5 Å². The van der Waals surface area contributed by atoms with Gasteiger partial charge in [0.2, 0.25) is 0 Å². The number of benzene rings is 2. The minimum Gasteiger partial charge on any atom is -0.496 e. The molecule has 2 aliphatic heterocycles. The number of anilines is 2. The molecule has 9 nitrogen and oxygen atoms in total. The molecule has 2 aromatic rings. The molecule has 9 heteroatoms. The molecule has 2 amide bonds. The molecular formula is C33H44N6O3. The number of methoxy groups -OCH3 is 2. The molecule has 2 fully saturated rings. The Kier molecular flexibility index (Phi) is 10.3. The fourth-order valence-electron chi connectivity index (χ4n) is 6.93. The number of urea groups is 1. The smallest absolute Gasteiger partial charge is 0.323 e. The van der Waals surface area contributed by atoms with Crippen molar-refractivity contribution in [2.24, 2.45) is 11.8 Å². The Hall–Kier alpha value is -3.79. The van der Waals surface area contributed by atoms with Crippen molar-refractivity contribution in [1.82, 2.24) is 10.6 Å². The first kappa shape index (κ1) is 31.2. The molecule has 2 aliphatic rings.